The molecule has 136 valence electrons. The summed E-state index contributed by atoms with van der Waals surface area (Å²) in [5.74, 6) is 0.670. The first kappa shape index (κ1) is 17.8. The molecule has 1 aliphatic carbocycles. The van der Waals surface area contributed by atoms with Crippen molar-refractivity contribution in [3.63, 3.8) is 0 Å². The van der Waals surface area contributed by atoms with Crippen LogP contribution in [0.5, 0.6) is 5.75 Å². The maximum absolute atomic E-state index is 12.3. The summed E-state index contributed by atoms with van der Waals surface area (Å²) in [5.41, 5.74) is 1.14. The SMILES string of the molecule is CN(CCOc1ccccc1)C(=O)Nc1cccc(C(=O)NC2CC2)c1. The quantitative estimate of drug-likeness (QED) is 0.803. The molecule has 6 heteroatoms. The zero-order valence-electron chi connectivity index (χ0n) is 14.8. The topological polar surface area (TPSA) is 70.7 Å². The number of hydrogen-bond donors (Lipinski definition) is 2. The molecule has 2 aromatic rings. The number of rotatable bonds is 7. The van der Waals surface area contributed by atoms with Gasteiger partial charge in [0.25, 0.3) is 5.91 Å². The summed E-state index contributed by atoms with van der Waals surface area (Å²) < 4.78 is 5.60. The van der Waals surface area contributed by atoms with Crippen molar-refractivity contribution in [3.05, 3.63) is 60.2 Å². The minimum Gasteiger partial charge on any atom is -0.492 e. The van der Waals surface area contributed by atoms with Gasteiger partial charge in [-0.05, 0) is 43.2 Å². The van der Waals surface area contributed by atoms with E-state index in [1.165, 1.54) is 0 Å². The second-order valence-corrected chi connectivity index (χ2v) is 6.34. The number of nitrogens with zero attached hydrogens (tertiary/aromatic N) is 1. The van der Waals surface area contributed by atoms with E-state index >= 15 is 0 Å². The van der Waals surface area contributed by atoms with Crippen molar-refractivity contribution in [2.24, 2.45) is 0 Å². The van der Waals surface area contributed by atoms with Crippen LogP contribution in [0.4, 0.5) is 10.5 Å². The molecule has 0 heterocycles. The van der Waals surface area contributed by atoms with E-state index in [1.807, 2.05) is 30.3 Å². The van der Waals surface area contributed by atoms with E-state index in [9.17, 15) is 9.59 Å². The predicted octanol–water partition coefficient (Wildman–Crippen LogP) is 3.12. The standard InChI is InChI=1S/C20H23N3O3/c1-23(12-13-26-18-8-3-2-4-9-18)20(25)22-17-7-5-6-15(14-17)19(24)21-16-10-11-16/h2-9,14,16H,10-13H2,1H3,(H,21,24)(H,22,25). The minimum absolute atomic E-state index is 0.104. The fourth-order valence-corrected chi connectivity index (χ4v) is 2.37. The van der Waals surface area contributed by atoms with E-state index in [0.29, 0.717) is 30.4 Å². The summed E-state index contributed by atoms with van der Waals surface area (Å²) in [6, 6.07) is 16.5. The molecule has 1 saturated carbocycles. The van der Waals surface area contributed by atoms with Gasteiger partial charge in [0.2, 0.25) is 0 Å². The Morgan fingerprint density at radius 1 is 1.12 bits per heavy atom. The summed E-state index contributed by atoms with van der Waals surface area (Å²) in [5, 5.41) is 5.74. The molecule has 0 aromatic heterocycles. The van der Waals surface area contributed by atoms with E-state index in [2.05, 4.69) is 10.6 Å². The number of amides is 3. The number of carbonyl (C=O) groups is 2. The smallest absolute Gasteiger partial charge is 0.321 e. The number of nitrogens with one attached hydrogen (secondary N) is 2. The Morgan fingerprint density at radius 3 is 2.62 bits per heavy atom. The van der Waals surface area contributed by atoms with Crippen LogP contribution < -0.4 is 15.4 Å². The minimum atomic E-state index is -0.249. The average Bonchev–Trinajstić information content (AvgIpc) is 3.46. The van der Waals surface area contributed by atoms with Crippen LogP contribution in [-0.4, -0.2) is 43.1 Å². The van der Waals surface area contributed by atoms with Crippen LogP contribution in [-0.2, 0) is 0 Å². The molecule has 2 aromatic carbocycles. The highest BCUT2D eigenvalue weighted by Crippen LogP contribution is 2.20. The predicted molar refractivity (Wildman–Crippen MR) is 101 cm³/mol. The van der Waals surface area contributed by atoms with Gasteiger partial charge in [0.1, 0.15) is 12.4 Å². The normalized spacial score (nSPS) is 13.0. The van der Waals surface area contributed by atoms with Gasteiger partial charge in [-0.3, -0.25) is 4.79 Å². The lowest BCUT2D eigenvalue weighted by Gasteiger charge is -2.18. The molecular weight excluding hydrogens is 330 g/mol. The molecule has 1 fully saturated rings. The Balaban J connectivity index is 1.48. The lowest BCUT2D eigenvalue weighted by atomic mass is 10.2. The Kier molecular flexibility index (Phi) is 5.73. The van der Waals surface area contributed by atoms with Crippen LogP contribution in [0.25, 0.3) is 0 Å². The van der Waals surface area contributed by atoms with E-state index in [0.717, 1.165) is 18.6 Å². The number of anilines is 1. The lowest BCUT2D eigenvalue weighted by molar-refractivity contribution is 0.0951. The van der Waals surface area contributed by atoms with Crippen molar-refractivity contribution in [1.29, 1.82) is 0 Å². The first-order chi connectivity index (χ1) is 12.6. The maximum Gasteiger partial charge on any atom is 0.321 e. The molecule has 26 heavy (non-hydrogen) atoms. The second-order valence-electron chi connectivity index (χ2n) is 6.34. The summed E-state index contributed by atoms with van der Waals surface area (Å²) >= 11 is 0. The molecule has 3 amide bonds. The summed E-state index contributed by atoms with van der Waals surface area (Å²) in [7, 11) is 1.70. The van der Waals surface area contributed by atoms with Crippen molar-refractivity contribution in [3.8, 4) is 5.75 Å². The molecule has 0 saturated heterocycles. The zero-order valence-corrected chi connectivity index (χ0v) is 14.8. The number of hydrogen-bond acceptors (Lipinski definition) is 3. The Hall–Kier alpha value is -3.02. The third-order valence-electron chi connectivity index (χ3n) is 4.07. The van der Waals surface area contributed by atoms with E-state index in [1.54, 1.807) is 36.2 Å². The second kappa shape index (κ2) is 8.38. The van der Waals surface area contributed by atoms with E-state index < -0.39 is 0 Å². The van der Waals surface area contributed by atoms with Gasteiger partial charge in [-0.15, -0.1) is 0 Å². The third-order valence-corrected chi connectivity index (χ3v) is 4.07. The molecule has 1 aliphatic rings. The van der Waals surface area contributed by atoms with Gasteiger partial charge in [0, 0.05) is 24.3 Å². The van der Waals surface area contributed by atoms with Crippen LogP contribution in [0.1, 0.15) is 23.2 Å². The van der Waals surface area contributed by atoms with Crippen LogP contribution in [0.2, 0.25) is 0 Å². The Bertz CT molecular complexity index is 760. The van der Waals surface area contributed by atoms with Gasteiger partial charge in [-0.25, -0.2) is 4.79 Å². The molecule has 0 radical (unpaired) electrons. The van der Waals surface area contributed by atoms with Gasteiger partial charge in [-0.1, -0.05) is 24.3 Å². The van der Waals surface area contributed by atoms with Crippen molar-refractivity contribution in [2.75, 3.05) is 25.5 Å². The van der Waals surface area contributed by atoms with E-state index in [4.69, 9.17) is 4.74 Å². The molecular formula is C20H23N3O3. The molecule has 2 N–H and O–H groups in total. The number of benzene rings is 2. The molecule has 6 nitrogen and oxygen atoms in total. The summed E-state index contributed by atoms with van der Waals surface area (Å²) in [4.78, 5) is 25.9. The number of carbonyl (C=O) groups excluding carboxylic acids is 2. The van der Waals surface area contributed by atoms with E-state index in [-0.39, 0.29) is 11.9 Å². The van der Waals surface area contributed by atoms with Crippen molar-refractivity contribution < 1.29 is 14.3 Å². The molecule has 0 unspecified atom stereocenters. The van der Waals surface area contributed by atoms with Crippen LogP contribution in [0.3, 0.4) is 0 Å². The van der Waals surface area contributed by atoms with Crippen molar-refractivity contribution in [1.82, 2.24) is 10.2 Å². The number of ether oxygens (including phenoxy) is 1. The summed E-state index contributed by atoms with van der Waals surface area (Å²) in [6.07, 6.45) is 2.08. The highest BCUT2D eigenvalue weighted by Gasteiger charge is 2.23. The fourth-order valence-electron chi connectivity index (χ4n) is 2.37. The van der Waals surface area contributed by atoms with Gasteiger partial charge in [-0.2, -0.15) is 0 Å². The number of urea groups is 1. The Morgan fingerprint density at radius 2 is 1.88 bits per heavy atom. The monoisotopic (exact) mass is 353 g/mol. The van der Waals surface area contributed by atoms with Crippen LogP contribution in [0, 0.1) is 0 Å². The van der Waals surface area contributed by atoms with Gasteiger partial charge < -0.3 is 20.3 Å². The highest BCUT2D eigenvalue weighted by atomic mass is 16.5. The molecule has 0 spiro atoms. The van der Waals surface area contributed by atoms with Crippen molar-refractivity contribution in [2.45, 2.75) is 18.9 Å². The molecule has 0 bridgehead atoms. The number of para-hydroxylation sites is 1. The number of likely N-dealkylation sites (N-methyl/N-ethyl adjacent to an activating group) is 1. The average molecular weight is 353 g/mol. The van der Waals surface area contributed by atoms with Crippen molar-refractivity contribution >= 4 is 17.6 Å². The maximum atomic E-state index is 12.3. The fraction of sp³-hybridized carbons (Fsp3) is 0.300. The zero-order chi connectivity index (χ0) is 18.4. The van der Waals surface area contributed by atoms with Crippen LogP contribution in [0.15, 0.2) is 54.6 Å². The largest absolute Gasteiger partial charge is 0.492 e. The van der Waals surface area contributed by atoms with Gasteiger partial charge in [0.05, 0.1) is 6.54 Å². The first-order valence-electron chi connectivity index (χ1n) is 8.73. The molecule has 0 aliphatic heterocycles. The summed E-state index contributed by atoms with van der Waals surface area (Å²) in [6.45, 7) is 0.848. The van der Waals surface area contributed by atoms with Gasteiger partial charge in [0.15, 0.2) is 0 Å². The third kappa shape index (κ3) is 5.24. The lowest BCUT2D eigenvalue weighted by Crippen LogP contribution is -2.34. The van der Waals surface area contributed by atoms with Crippen LogP contribution >= 0.6 is 0 Å². The Labute approximate surface area is 153 Å². The van der Waals surface area contributed by atoms with Gasteiger partial charge >= 0.3 is 6.03 Å². The highest BCUT2D eigenvalue weighted by molar-refractivity contribution is 5.97. The molecule has 0 atom stereocenters. The first-order valence-corrected chi connectivity index (χ1v) is 8.73. The molecule has 3 rings (SSSR count).